The van der Waals surface area contributed by atoms with Gasteiger partial charge < -0.3 is 26.6 Å². The average molecular weight is 518 g/mol. The summed E-state index contributed by atoms with van der Waals surface area (Å²) in [5.41, 5.74) is -1.72. The fourth-order valence-corrected chi connectivity index (χ4v) is 10.6. The smallest absolute Gasteiger partial charge is 0.374 e. The summed E-state index contributed by atoms with van der Waals surface area (Å²) in [5.74, 6) is 0. The highest BCUT2D eigenvalue weighted by molar-refractivity contribution is 7.33. The maximum Gasteiger partial charge on any atom is 0.698 e. The van der Waals surface area contributed by atoms with Crippen molar-refractivity contribution in [2.45, 2.75) is 92.5 Å². The molecule has 0 N–H and O–H groups in total. The second-order valence-corrected chi connectivity index (χ2v) is 14.2. The second kappa shape index (κ2) is 15.3. The average Bonchev–Trinajstić information content (AvgIpc) is 2.60. The van der Waals surface area contributed by atoms with Crippen LogP contribution in [0.4, 0.5) is 0 Å². The van der Waals surface area contributed by atoms with Crippen molar-refractivity contribution in [2.75, 3.05) is 39.6 Å². The van der Waals surface area contributed by atoms with Crippen molar-refractivity contribution >= 4 is 25.9 Å². The molecule has 0 aliphatic rings. The van der Waals surface area contributed by atoms with Gasteiger partial charge in [0, 0.05) is 44.2 Å². The van der Waals surface area contributed by atoms with E-state index in [0.717, 1.165) is 0 Å². The predicted molar refractivity (Wildman–Crippen MR) is 129 cm³/mol. The summed E-state index contributed by atoms with van der Waals surface area (Å²) in [6, 6.07) is 0.686. The van der Waals surface area contributed by atoms with Crippen LogP contribution in [0.3, 0.4) is 0 Å². The first-order valence-corrected chi connectivity index (χ1v) is 16.5. The topological polar surface area (TPSA) is 90.9 Å². The Morgan fingerprint density at radius 2 is 0.750 bits per heavy atom. The van der Waals surface area contributed by atoms with Crippen molar-refractivity contribution in [3.63, 3.8) is 0 Å². The lowest BCUT2D eigenvalue weighted by Gasteiger charge is -2.33. The third-order valence-corrected chi connectivity index (χ3v) is 12.3. The van der Waals surface area contributed by atoms with Crippen LogP contribution < -0.4 is 0 Å². The highest BCUT2D eigenvalue weighted by Crippen LogP contribution is 2.42. The first-order valence-electron chi connectivity index (χ1n) is 11.6. The SMILES string of the molecule is CCO[Si](CC(C)(C)O[P+](=O)OC(C)(C)C[Si](OCC)(OCC)OCC)(OCC)OCC. The molecule has 12 heteroatoms. The zero-order valence-electron chi connectivity index (χ0n) is 21.8. The zero-order chi connectivity index (χ0) is 24.9. The molecule has 32 heavy (non-hydrogen) atoms. The Balaban J connectivity index is 5.35. The first kappa shape index (κ1) is 32.2. The molecule has 0 saturated heterocycles. The molecule has 192 valence electrons. The van der Waals surface area contributed by atoms with Crippen LogP contribution in [-0.4, -0.2) is 68.5 Å². The quantitative estimate of drug-likeness (QED) is 0.157. The molecule has 0 spiro atoms. The third-order valence-electron chi connectivity index (χ3n) is 4.11. The van der Waals surface area contributed by atoms with E-state index in [9.17, 15) is 4.57 Å². The summed E-state index contributed by atoms with van der Waals surface area (Å²) in [6.45, 7) is 21.4. The van der Waals surface area contributed by atoms with E-state index in [2.05, 4.69) is 0 Å². The Morgan fingerprint density at radius 1 is 0.531 bits per heavy atom. The summed E-state index contributed by atoms with van der Waals surface area (Å²) < 4.78 is 60.0. The minimum atomic E-state index is -2.99. The predicted octanol–water partition coefficient (Wildman–Crippen LogP) is 5.33. The van der Waals surface area contributed by atoms with Gasteiger partial charge in [0.2, 0.25) is 0 Å². The molecule has 0 rings (SSSR count). The van der Waals surface area contributed by atoms with Gasteiger partial charge >= 0.3 is 25.9 Å². The molecule has 0 fully saturated rings. The van der Waals surface area contributed by atoms with Crippen LogP contribution in [-0.2, 0) is 40.2 Å². The molecule has 0 aliphatic carbocycles. The van der Waals surface area contributed by atoms with E-state index >= 15 is 0 Å². The van der Waals surface area contributed by atoms with Crippen molar-refractivity contribution in [1.29, 1.82) is 0 Å². The van der Waals surface area contributed by atoms with E-state index in [0.29, 0.717) is 51.7 Å². The Morgan fingerprint density at radius 3 is 0.938 bits per heavy atom. The molecule has 0 aliphatic heterocycles. The number of hydrogen-bond donors (Lipinski definition) is 0. The lowest BCUT2D eigenvalue weighted by atomic mass is 10.2. The number of hydrogen-bond acceptors (Lipinski definition) is 9. The Labute approximate surface area is 198 Å². The summed E-state index contributed by atoms with van der Waals surface area (Å²) in [7, 11) is -8.44. The molecule has 0 unspecified atom stereocenters. The Bertz CT molecular complexity index is 457. The van der Waals surface area contributed by atoms with E-state index < -0.39 is 37.1 Å². The fraction of sp³-hybridized carbons (Fsp3) is 1.00. The monoisotopic (exact) mass is 517 g/mol. The van der Waals surface area contributed by atoms with Gasteiger partial charge in [-0.05, 0) is 69.2 Å². The van der Waals surface area contributed by atoms with Gasteiger partial charge in [-0.2, -0.15) is 0 Å². The largest absolute Gasteiger partial charge is 0.698 e. The van der Waals surface area contributed by atoms with E-state index in [4.69, 9.17) is 35.6 Å². The minimum absolute atomic E-state index is 0.343. The van der Waals surface area contributed by atoms with Crippen LogP contribution in [0.5, 0.6) is 0 Å². The molecule has 0 radical (unpaired) electrons. The zero-order valence-corrected chi connectivity index (χ0v) is 24.7. The molecule has 0 amide bonds. The standard InChI is InChI=1S/C20H46O9PSi2/c1-11-22-31(23-12-2,24-13-3)17-19(7,8)28-30(21)29-20(9,10)18-32(25-14-4,26-15-5)27-16-6/h11-18H2,1-10H3/q+1. The van der Waals surface area contributed by atoms with Gasteiger partial charge in [0.25, 0.3) is 0 Å². The second-order valence-electron chi connectivity index (χ2n) is 8.24. The van der Waals surface area contributed by atoms with Crippen LogP contribution in [0.1, 0.15) is 69.2 Å². The minimum Gasteiger partial charge on any atom is -0.374 e. The summed E-state index contributed by atoms with van der Waals surface area (Å²) in [5, 5.41) is 0. The van der Waals surface area contributed by atoms with Gasteiger partial charge in [0.05, 0.1) is 12.1 Å². The third kappa shape index (κ3) is 12.1. The van der Waals surface area contributed by atoms with E-state index in [1.807, 2.05) is 69.2 Å². The molecule has 0 aromatic heterocycles. The molecule has 9 nitrogen and oxygen atoms in total. The normalized spacial score (nSPS) is 13.6. The summed E-state index contributed by atoms with van der Waals surface area (Å²) in [4.78, 5) is 0. The van der Waals surface area contributed by atoms with Crippen LogP contribution in [0.15, 0.2) is 0 Å². The highest BCUT2D eigenvalue weighted by Gasteiger charge is 2.53. The maximum atomic E-state index is 12.9. The molecular weight excluding hydrogens is 471 g/mol. The van der Waals surface area contributed by atoms with Crippen molar-refractivity contribution in [3.05, 3.63) is 0 Å². The lowest BCUT2D eigenvalue weighted by molar-refractivity contribution is 0.0181. The van der Waals surface area contributed by atoms with Gasteiger partial charge in [0.15, 0.2) is 0 Å². The molecule has 0 heterocycles. The summed E-state index contributed by atoms with van der Waals surface area (Å²) in [6.07, 6.45) is 0. The van der Waals surface area contributed by atoms with E-state index in [1.54, 1.807) is 0 Å². The van der Waals surface area contributed by atoms with E-state index in [-0.39, 0.29) is 0 Å². The summed E-state index contributed by atoms with van der Waals surface area (Å²) >= 11 is 0. The van der Waals surface area contributed by atoms with Crippen LogP contribution in [0.25, 0.3) is 0 Å². The number of rotatable bonds is 20. The van der Waals surface area contributed by atoms with Gasteiger partial charge in [-0.15, -0.1) is 9.05 Å². The van der Waals surface area contributed by atoms with Crippen LogP contribution in [0, 0.1) is 0 Å². The van der Waals surface area contributed by atoms with Crippen molar-refractivity contribution in [3.8, 4) is 0 Å². The van der Waals surface area contributed by atoms with Gasteiger partial charge in [0.1, 0.15) is 11.2 Å². The van der Waals surface area contributed by atoms with Gasteiger partial charge in [-0.3, -0.25) is 0 Å². The highest BCUT2D eigenvalue weighted by atomic mass is 31.1. The van der Waals surface area contributed by atoms with Crippen molar-refractivity contribution in [1.82, 2.24) is 0 Å². The molecule has 0 saturated carbocycles. The fourth-order valence-electron chi connectivity index (χ4n) is 3.41. The van der Waals surface area contributed by atoms with Crippen molar-refractivity contribution < 1.29 is 40.2 Å². The molecular formula is C20H46O9PSi2+. The molecule has 0 aromatic rings. The van der Waals surface area contributed by atoms with Crippen LogP contribution >= 0.6 is 8.25 Å². The maximum absolute atomic E-state index is 12.9. The Hall–Kier alpha value is 0.214. The van der Waals surface area contributed by atoms with Crippen LogP contribution in [0.2, 0.25) is 12.1 Å². The van der Waals surface area contributed by atoms with E-state index in [1.165, 1.54) is 0 Å². The first-order chi connectivity index (χ1) is 14.9. The Kier molecular flexibility index (Phi) is 15.4. The van der Waals surface area contributed by atoms with Crippen molar-refractivity contribution in [2.24, 2.45) is 0 Å². The molecule has 0 aromatic carbocycles. The lowest BCUT2D eigenvalue weighted by Crippen LogP contribution is -2.51. The van der Waals surface area contributed by atoms with Gasteiger partial charge in [-0.25, -0.2) is 0 Å². The molecule has 0 atom stereocenters. The molecule has 0 bridgehead atoms. The van der Waals surface area contributed by atoms with Gasteiger partial charge in [-0.1, -0.05) is 0 Å².